The van der Waals surface area contributed by atoms with Crippen molar-refractivity contribution >= 4 is 29.5 Å². The highest BCUT2D eigenvalue weighted by Crippen LogP contribution is 2.26. The van der Waals surface area contributed by atoms with Crippen LogP contribution in [0.5, 0.6) is 5.75 Å². The van der Waals surface area contributed by atoms with Crippen LogP contribution in [0.25, 0.3) is 0 Å². The van der Waals surface area contributed by atoms with E-state index in [0.29, 0.717) is 24.6 Å². The Hall–Kier alpha value is -3.59. The first-order chi connectivity index (χ1) is 14.6. The lowest BCUT2D eigenvalue weighted by Gasteiger charge is -2.27. The van der Waals surface area contributed by atoms with Gasteiger partial charge < -0.3 is 23.8 Å². The van der Waals surface area contributed by atoms with Crippen molar-refractivity contribution in [1.82, 2.24) is 0 Å². The van der Waals surface area contributed by atoms with Crippen molar-refractivity contribution < 1.29 is 33.3 Å². The molecule has 0 aromatic heterocycles. The zero-order valence-corrected chi connectivity index (χ0v) is 16.1. The number of rotatable bonds is 5. The first kappa shape index (κ1) is 19.7. The molecule has 2 fully saturated rings. The van der Waals surface area contributed by atoms with E-state index in [4.69, 9.17) is 18.9 Å². The smallest absolute Gasteiger partial charge is 0.440 e. The van der Waals surface area contributed by atoms with Crippen LogP contribution in [0.4, 0.5) is 21.0 Å². The van der Waals surface area contributed by atoms with E-state index in [2.05, 4.69) is 0 Å². The van der Waals surface area contributed by atoms with Crippen molar-refractivity contribution in [2.24, 2.45) is 0 Å². The van der Waals surface area contributed by atoms with Crippen molar-refractivity contribution in [3.63, 3.8) is 0 Å². The van der Waals surface area contributed by atoms with Gasteiger partial charge in [0.1, 0.15) is 19.0 Å². The fourth-order valence-corrected chi connectivity index (χ4v) is 3.20. The van der Waals surface area contributed by atoms with Gasteiger partial charge in [-0.05, 0) is 36.4 Å². The molecule has 2 aromatic rings. The third-order valence-corrected chi connectivity index (χ3v) is 4.66. The Bertz CT molecular complexity index is 917. The lowest BCUT2D eigenvalue weighted by Crippen LogP contribution is -2.41. The van der Waals surface area contributed by atoms with Gasteiger partial charge in [0.2, 0.25) is 0 Å². The molecule has 0 bridgehead atoms. The molecule has 0 radical (unpaired) electrons. The molecule has 0 N–H and O–H groups in total. The molecule has 9 nitrogen and oxygen atoms in total. The van der Waals surface area contributed by atoms with Crippen LogP contribution < -0.4 is 14.5 Å². The number of benzene rings is 2. The van der Waals surface area contributed by atoms with Gasteiger partial charge in [0.15, 0.2) is 6.10 Å². The van der Waals surface area contributed by atoms with Crippen molar-refractivity contribution in [2.75, 3.05) is 42.7 Å². The van der Waals surface area contributed by atoms with Crippen LogP contribution in [0.3, 0.4) is 0 Å². The maximum absolute atomic E-state index is 12.2. The van der Waals surface area contributed by atoms with Crippen LogP contribution in [0.2, 0.25) is 0 Å². The number of ether oxygens (including phenoxy) is 4. The van der Waals surface area contributed by atoms with Crippen molar-refractivity contribution in [1.29, 1.82) is 0 Å². The Kier molecular flexibility index (Phi) is 5.80. The van der Waals surface area contributed by atoms with Gasteiger partial charge in [-0.15, -0.1) is 0 Å². The maximum atomic E-state index is 12.2. The van der Waals surface area contributed by atoms with E-state index < -0.39 is 18.4 Å². The summed E-state index contributed by atoms with van der Waals surface area (Å²) in [5, 5.41) is 0. The van der Waals surface area contributed by atoms with Gasteiger partial charge in [-0.1, -0.05) is 18.2 Å². The van der Waals surface area contributed by atoms with Crippen molar-refractivity contribution in [3.05, 3.63) is 54.6 Å². The summed E-state index contributed by atoms with van der Waals surface area (Å²) in [6.07, 6.45) is -2.01. The van der Waals surface area contributed by atoms with Crippen LogP contribution in [0.15, 0.2) is 54.6 Å². The normalized spacial score (nSPS) is 18.9. The highest BCUT2D eigenvalue weighted by Gasteiger charge is 2.33. The van der Waals surface area contributed by atoms with E-state index in [1.54, 1.807) is 59.5 Å². The molecule has 9 heteroatoms. The van der Waals surface area contributed by atoms with Crippen molar-refractivity contribution in [3.8, 4) is 5.75 Å². The second-order valence-corrected chi connectivity index (χ2v) is 6.71. The van der Waals surface area contributed by atoms with Gasteiger partial charge in [0, 0.05) is 17.9 Å². The molecular formula is C21H20N2O7. The molecular weight excluding hydrogens is 392 g/mol. The highest BCUT2D eigenvalue weighted by molar-refractivity contribution is 5.95. The average Bonchev–Trinajstić information content (AvgIpc) is 3.14. The summed E-state index contributed by atoms with van der Waals surface area (Å²) in [6.45, 7) is 1.15. The predicted octanol–water partition coefficient (Wildman–Crippen LogP) is 2.59. The second kappa shape index (κ2) is 8.83. The number of morpholine rings is 1. The molecule has 1 unspecified atom stereocenters. The molecule has 4 rings (SSSR count). The minimum absolute atomic E-state index is 0.0641. The van der Waals surface area contributed by atoms with Crippen LogP contribution in [0.1, 0.15) is 0 Å². The Morgan fingerprint density at radius 2 is 1.70 bits per heavy atom. The highest BCUT2D eigenvalue weighted by atomic mass is 16.7. The Morgan fingerprint density at radius 3 is 2.40 bits per heavy atom. The number of anilines is 2. The minimum Gasteiger partial charge on any atom is -0.440 e. The fraction of sp³-hybridized carbons (Fsp3) is 0.286. The number of carbonyl (C=O) groups excluding carboxylic acids is 3. The summed E-state index contributed by atoms with van der Waals surface area (Å²) < 4.78 is 20.5. The third-order valence-electron chi connectivity index (χ3n) is 4.66. The lowest BCUT2D eigenvalue weighted by molar-refractivity contribution is -0.125. The van der Waals surface area contributed by atoms with E-state index in [1.807, 2.05) is 0 Å². The summed E-state index contributed by atoms with van der Waals surface area (Å²) in [5.74, 6) is 0.264. The van der Waals surface area contributed by atoms with Gasteiger partial charge in [-0.2, -0.15) is 0 Å². The van der Waals surface area contributed by atoms with Crippen molar-refractivity contribution in [2.45, 2.75) is 6.10 Å². The van der Waals surface area contributed by atoms with E-state index in [1.165, 1.54) is 4.90 Å². The van der Waals surface area contributed by atoms with Crippen LogP contribution in [-0.4, -0.2) is 57.2 Å². The van der Waals surface area contributed by atoms with E-state index >= 15 is 0 Å². The topological polar surface area (TPSA) is 94.6 Å². The number of amides is 2. The maximum Gasteiger partial charge on any atom is 0.513 e. The third kappa shape index (κ3) is 4.52. The predicted molar refractivity (Wildman–Crippen MR) is 106 cm³/mol. The molecule has 2 heterocycles. The van der Waals surface area contributed by atoms with Gasteiger partial charge in [0.25, 0.3) is 5.91 Å². The van der Waals surface area contributed by atoms with E-state index in [9.17, 15) is 14.4 Å². The van der Waals surface area contributed by atoms with Crippen LogP contribution in [-0.2, 0) is 19.0 Å². The zero-order valence-electron chi connectivity index (χ0n) is 16.1. The molecule has 0 aliphatic carbocycles. The van der Waals surface area contributed by atoms with Gasteiger partial charge >= 0.3 is 12.2 Å². The molecule has 156 valence electrons. The summed E-state index contributed by atoms with van der Waals surface area (Å²) in [4.78, 5) is 39.0. The molecule has 0 spiro atoms. The standard InChI is InChI=1S/C21H20N2O7/c24-19-14-27-11-10-22(19)15-6-8-16(9-7-15)23-12-18(29-20(23)25)13-28-21(26)30-17-4-2-1-3-5-17/h1-9,18H,10-14H2. The molecule has 2 aliphatic heterocycles. The second-order valence-electron chi connectivity index (χ2n) is 6.71. The quantitative estimate of drug-likeness (QED) is 0.550. The Morgan fingerprint density at radius 1 is 1.00 bits per heavy atom. The summed E-state index contributed by atoms with van der Waals surface area (Å²) in [5.41, 5.74) is 1.36. The van der Waals surface area contributed by atoms with E-state index in [-0.39, 0.29) is 25.7 Å². The summed E-state index contributed by atoms with van der Waals surface area (Å²) >= 11 is 0. The Labute approximate surface area is 172 Å². The first-order valence-corrected chi connectivity index (χ1v) is 9.46. The van der Waals surface area contributed by atoms with Gasteiger partial charge in [0.05, 0.1) is 13.2 Å². The zero-order chi connectivity index (χ0) is 20.9. The molecule has 2 saturated heterocycles. The average molecular weight is 412 g/mol. The van der Waals surface area contributed by atoms with Gasteiger partial charge in [-0.25, -0.2) is 9.59 Å². The van der Waals surface area contributed by atoms with Gasteiger partial charge in [-0.3, -0.25) is 9.69 Å². The molecule has 0 saturated carbocycles. The van der Waals surface area contributed by atoms with E-state index in [0.717, 1.165) is 5.69 Å². The lowest BCUT2D eigenvalue weighted by atomic mass is 10.2. The first-order valence-electron chi connectivity index (χ1n) is 9.46. The molecule has 2 amide bonds. The molecule has 2 aliphatic rings. The fourth-order valence-electron chi connectivity index (χ4n) is 3.20. The number of hydrogen-bond acceptors (Lipinski definition) is 7. The molecule has 30 heavy (non-hydrogen) atoms. The summed E-state index contributed by atoms with van der Waals surface area (Å²) in [6, 6.07) is 15.6. The minimum atomic E-state index is -0.866. The Balaban J connectivity index is 1.31. The molecule has 1 atom stereocenters. The summed E-state index contributed by atoms with van der Waals surface area (Å²) in [7, 11) is 0. The number of carbonyl (C=O) groups is 3. The number of cyclic esters (lactones) is 1. The monoisotopic (exact) mass is 412 g/mol. The van der Waals surface area contributed by atoms with Crippen LogP contribution in [0, 0.1) is 0 Å². The number of para-hydroxylation sites is 1. The van der Waals surface area contributed by atoms with Crippen LogP contribution >= 0.6 is 0 Å². The SMILES string of the molecule is O=C(OCC1CN(c2ccc(N3CCOCC3=O)cc2)C(=O)O1)Oc1ccccc1. The molecule has 2 aromatic carbocycles. The largest absolute Gasteiger partial charge is 0.513 e. The number of nitrogens with zero attached hydrogens (tertiary/aromatic N) is 2. The number of hydrogen-bond donors (Lipinski definition) is 0.